The van der Waals surface area contributed by atoms with Crippen molar-refractivity contribution in [2.75, 3.05) is 0 Å². The fourth-order valence-electron chi connectivity index (χ4n) is 0. The molecule has 20 valence electrons. The molecule has 0 amide bonds. The molecule has 2 heteroatoms. The van der Waals surface area contributed by atoms with Gasteiger partial charge < -0.3 is 2.85 Å². The maximum absolute atomic E-state index is 7.32. The largest absolute Gasteiger partial charge is 2.00 e. The van der Waals surface area contributed by atoms with Crippen molar-refractivity contribution in [1.82, 2.24) is 0 Å². The average Bonchev–Trinajstić information content (AvgIpc) is 0.918. The van der Waals surface area contributed by atoms with Crippen LogP contribution in [0.1, 0.15) is 9.78 Å². The second-order valence-corrected chi connectivity index (χ2v) is 0.224. The molecule has 0 spiro atoms. The molecule has 0 rings (SSSR count). The van der Waals surface area contributed by atoms with Gasteiger partial charge in [-0.2, -0.15) is 5.26 Å². The number of hydrogen-bond acceptors (Lipinski definition) is 1. The van der Waals surface area contributed by atoms with Crippen LogP contribution in [0.15, 0.2) is 0 Å². The summed E-state index contributed by atoms with van der Waals surface area (Å²) in [5.41, 5.74) is 0. The third-order valence-electron chi connectivity index (χ3n) is 0. The van der Waals surface area contributed by atoms with Crippen LogP contribution in [0.25, 0.3) is 0 Å². The predicted molar refractivity (Wildman–Crippen MR) is 19.3 cm³/mol. The zero-order valence-electron chi connectivity index (χ0n) is 4.65. The van der Waals surface area contributed by atoms with Gasteiger partial charge in [0.1, 0.15) is 0 Å². The Labute approximate surface area is 58.6 Å². The van der Waals surface area contributed by atoms with Gasteiger partial charge in [0.05, 0.1) is 6.07 Å². The zero-order valence-corrected chi connectivity index (χ0v) is 4.86. The fourth-order valence-corrected chi connectivity index (χ4v) is 0. The second kappa shape index (κ2) is 9.26. The number of nitrogens with zero attached hydrogens (tertiary/aromatic N) is 1. The van der Waals surface area contributed by atoms with E-state index in [1.165, 1.54) is 6.92 Å². The van der Waals surface area contributed by atoms with Gasteiger partial charge in [0.25, 0.3) is 0 Å². The Morgan fingerprint density at radius 3 is 2.00 bits per heavy atom. The molecule has 0 heterocycles. The third-order valence-corrected chi connectivity index (χ3v) is 0. The molecule has 0 aromatic heterocycles. The minimum atomic E-state index is 0. The molecule has 0 bridgehead atoms. The second-order valence-electron chi connectivity index (χ2n) is 0.224. The summed E-state index contributed by atoms with van der Waals surface area (Å²) >= 11 is 0. The first-order chi connectivity index (χ1) is 1.41. The van der Waals surface area contributed by atoms with E-state index in [9.17, 15) is 0 Å². The van der Waals surface area contributed by atoms with Gasteiger partial charge in [-0.3, -0.25) is 0 Å². The van der Waals surface area contributed by atoms with Crippen LogP contribution in [0.3, 0.4) is 0 Å². The van der Waals surface area contributed by atoms with Gasteiger partial charge in [-0.05, 0) is 0 Å². The van der Waals surface area contributed by atoms with E-state index in [1.807, 2.05) is 0 Å². The first-order valence-corrected chi connectivity index (χ1v) is 0.724. The molecular weight excluding hydrogens is 78.1 g/mol. The average molecular weight is 83.1 g/mol. The molecule has 0 aliphatic rings. The quantitative estimate of drug-likeness (QED) is 0.388. The van der Waals surface area contributed by atoms with E-state index >= 15 is 0 Å². The molecule has 0 saturated carbocycles. The number of rotatable bonds is 0. The standard InChI is InChI=1S/C2H3N.Ca.2H/c1-2-3;;;/h1H3;;;/q;+2;2*-1. The Morgan fingerprint density at radius 2 is 2.00 bits per heavy atom. The summed E-state index contributed by atoms with van der Waals surface area (Å²) in [5.74, 6) is 0. The van der Waals surface area contributed by atoms with Crippen LogP contribution in [-0.2, 0) is 0 Å². The summed E-state index contributed by atoms with van der Waals surface area (Å²) in [7, 11) is 0. The molecule has 0 aliphatic heterocycles. The Kier molecular flexibility index (Phi) is 20.4. The van der Waals surface area contributed by atoms with Gasteiger partial charge >= 0.3 is 37.7 Å². The van der Waals surface area contributed by atoms with Gasteiger partial charge in [0.2, 0.25) is 0 Å². The molecule has 0 atom stereocenters. The van der Waals surface area contributed by atoms with E-state index in [2.05, 4.69) is 0 Å². The maximum atomic E-state index is 7.32. The number of nitriles is 1. The third kappa shape index (κ3) is 15.0. The van der Waals surface area contributed by atoms with Gasteiger partial charge in [-0.25, -0.2) is 0 Å². The Bertz CT molecular complexity index is 33.0. The SMILES string of the molecule is CC#N.[Ca+2].[H-].[H-]. The zero-order chi connectivity index (χ0) is 2.71. The Morgan fingerprint density at radius 1 is 2.00 bits per heavy atom. The molecular formula is C2H5CaN. The summed E-state index contributed by atoms with van der Waals surface area (Å²) in [6.45, 7) is 1.43. The van der Waals surface area contributed by atoms with Crippen LogP contribution in [0.2, 0.25) is 0 Å². The maximum Gasteiger partial charge on any atom is 2.00 e. The summed E-state index contributed by atoms with van der Waals surface area (Å²) in [5, 5.41) is 7.32. The summed E-state index contributed by atoms with van der Waals surface area (Å²) in [6, 6.07) is 1.75. The van der Waals surface area contributed by atoms with Gasteiger partial charge in [-0.15, -0.1) is 0 Å². The smallest absolute Gasteiger partial charge is 1.00 e. The van der Waals surface area contributed by atoms with E-state index < -0.39 is 0 Å². The van der Waals surface area contributed by atoms with E-state index in [1.54, 1.807) is 6.07 Å². The summed E-state index contributed by atoms with van der Waals surface area (Å²) in [4.78, 5) is 0. The number of hydrogen-bond donors (Lipinski definition) is 0. The van der Waals surface area contributed by atoms with E-state index in [0.717, 1.165) is 0 Å². The molecule has 0 aromatic rings. The Balaban J connectivity index is -0.00000000667. The van der Waals surface area contributed by atoms with Crippen molar-refractivity contribution >= 4 is 37.7 Å². The molecule has 0 unspecified atom stereocenters. The van der Waals surface area contributed by atoms with Crippen molar-refractivity contribution in [2.45, 2.75) is 6.92 Å². The van der Waals surface area contributed by atoms with Gasteiger partial charge in [0, 0.05) is 6.92 Å². The molecule has 4 heavy (non-hydrogen) atoms. The summed E-state index contributed by atoms with van der Waals surface area (Å²) < 4.78 is 0. The first-order valence-electron chi connectivity index (χ1n) is 0.724. The molecule has 0 aliphatic carbocycles. The predicted octanol–water partition coefficient (Wildman–Crippen LogP) is 0.374. The van der Waals surface area contributed by atoms with Crippen molar-refractivity contribution in [3.8, 4) is 6.07 Å². The van der Waals surface area contributed by atoms with Crippen LogP contribution < -0.4 is 0 Å². The van der Waals surface area contributed by atoms with Crippen molar-refractivity contribution in [1.29, 1.82) is 5.26 Å². The van der Waals surface area contributed by atoms with Crippen LogP contribution in [0, 0.1) is 11.3 Å². The summed E-state index contributed by atoms with van der Waals surface area (Å²) in [6.07, 6.45) is 0. The van der Waals surface area contributed by atoms with Crippen molar-refractivity contribution < 1.29 is 2.85 Å². The van der Waals surface area contributed by atoms with Crippen LogP contribution in [0.4, 0.5) is 0 Å². The molecule has 0 aromatic carbocycles. The van der Waals surface area contributed by atoms with Gasteiger partial charge in [-0.1, -0.05) is 0 Å². The molecule has 0 N–H and O–H groups in total. The fraction of sp³-hybridized carbons (Fsp3) is 0.500. The van der Waals surface area contributed by atoms with Crippen molar-refractivity contribution in [3.63, 3.8) is 0 Å². The minimum Gasteiger partial charge on any atom is -1.00 e. The Hall–Kier alpha value is 0.750. The van der Waals surface area contributed by atoms with Crippen molar-refractivity contribution in [3.05, 3.63) is 0 Å². The monoisotopic (exact) mass is 83.0 g/mol. The van der Waals surface area contributed by atoms with E-state index in [4.69, 9.17) is 5.26 Å². The van der Waals surface area contributed by atoms with Crippen LogP contribution in [0.5, 0.6) is 0 Å². The molecule has 1 nitrogen and oxygen atoms in total. The minimum absolute atomic E-state index is 0. The molecule has 0 radical (unpaired) electrons. The molecule has 0 fully saturated rings. The van der Waals surface area contributed by atoms with Crippen LogP contribution >= 0.6 is 0 Å². The van der Waals surface area contributed by atoms with Crippen molar-refractivity contribution in [2.24, 2.45) is 0 Å². The van der Waals surface area contributed by atoms with E-state index in [0.29, 0.717) is 0 Å². The van der Waals surface area contributed by atoms with Crippen LogP contribution in [-0.4, -0.2) is 37.7 Å². The first kappa shape index (κ1) is 8.83. The topological polar surface area (TPSA) is 23.8 Å². The normalized spacial score (nSPS) is 2.00. The van der Waals surface area contributed by atoms with E-state index in [-0.39, 0.29) is 40.6 Å². The van der Waals surface area contributed by atoms with Gasteiger partial charge in [0.15, 0.2) is 0 Å². The molecule has 0 saturated heterocycles.